The number of carbonyl (C=O) groups excluding carboxylic acids is 1. The van der Waals surface area contributed by atoms with E-state index in [0.717, 1.165) is 16.1 Å². The number of benzene rings is 2. The highest BCUT2D eigenvalue weighted by molar-refractivity contribution is 7.13. The molecule has 0 saturated heterocycles. The molecule has 3 rings (SSSR count). The van der Waals surface area contributed by atoms with Crippen LogP contribution in [0.5, 0.6) is 0 Å². The molecular weight excluding hydrogens is 354 g/mol. The number of hydrogen-bond donors (Lipinski definition) is 1. The Bertz CT molecular complexity index is 949. The highest BCUT2D eigenvalue weighted by Gasteiger charge is 2.04. The summed E-state index contributed by atoms with van der Waals surface area (Å²) in [4.78, 5) is 16.3. The van der Waals surface area contributed by atoms with Crippen LogP contribution in [-0.4, -0.2) is 10.9 Å². The molecule has 2 aromatic carbocycles. The van der Waals surface area contributed by atoms with Gasteiger partial charge in [-0.05, 0) is 54.5 Å². The lowest BCUT2D eigenvalue weighted by molar-refractivity contribution is -0.116. The van der Waals surface area contributed by atoms with Crippen molar-refractivity contribution in [2.45, 2.75) is 13.5 Å². The Morgan fingerprint density at radius 1 is 1.19 bits per heavy atom. The van der Waals surface area contributed by atoms with Gasteiger partial charge in [-0.1, -0.05) is 12.1 Å². The number of amides is 1. The minimum atomic E-state index is -0.293. The fourth-order valence-electron chi connectivity index (χ4n) is 2.31. The molecule has 1 aromatic heterocycles. The van der Waals surface area contributed by atoms with Gasteiger partial charge in [0.2, 0.25) is 5.91 Å². The number of halogens is 2. The van der Waals surface area contributed by atoms with Gasteiger partial charge in [0.1, 0.15) is 16.6 Å². The Morgan fingerprint density at radius 2 is 1.96 bits per heavy atom. The van der Waals surface area contributed by atoms with Crippen molar-refractivity contribution in [3.63, 3.8) is 0 Å². The molecule has 0 fully saturated rings. The number of hydrogen-bond acceptors (Lipinski definition) is 3. The predicted octanol–water partition coefficient (Wildman–Crippen LogP) is 4.73. The van der Waals surface area contributed by atoms with E-state index in [1.165, 1.54) is 35.6 Å². The quantitative estimate of drug-likeness (QED) is 0.660. The Hall–Kier alpha value is -2.86. The van der Waals surface area contributed by atoms with Crippen molar-refractivity contribution in [2.75, 3.05) is 0 Å². The predicted molar refractivity (Wildman–Crippen MR) is 99.5 cm³/mol. The van der Waals surface area contributed by atoms with Gasteiger partial charge in [0.05, 0.1) is 5.69 Å². The van der Waals surface area contributed by atoms with E-state index in [4.69, 9.17) is 0 Å². The molecule has 3 nitrogen and oxygen atoms in total. The summed E-state index contributed by atoms with van der Waals surface area (Å²) in [7, 11) is 0. The Balaban J connectivity index is 1.58. The number of carbonyl (C=O) groups is 1. The molecule has 0 aliphatic heterocycles. The molecule has 6 heteroatoms. The van der Waals surface area contributed by atoms with Gasteiger partial charge >= 0.3 is 0 Å². The van der Waals surface area contributed by atoms with E-state index in [-0.39, 0.29) is 17.5 Å². The summed E-state index contributed by atoms with van der Waals surface area (Å²) in [6, 6.07) is 10.8. The molecule has 1 amide bonds. The first kappa shape index (κ1) is 17.9. The first-order valence-electron chi connectivity index (χ1n) is 7.93. The number of aryl methyl sites for hydroxylation is 1. The highest BCUT2D eigenvalue weighted by Crippen LogP contribution is 2.24. The third-order valence-electron chi connectivity index (χ3n) is 3.71. The summed E-state index contributed by atoms with van der Waals surface area (Å²) in [5.41, 5.74) is 2.86. The van der Waals surface area contributed by atoms with E-state index in [1.807, 2.05) is 5.38 Å². The fourth-order valence-corrected chi connectivity index (χ4v) is 3.11. The van der Waals surface area contributed by atoms with Crippen molar-refractivity contribution in [3.8, 4) is 10.6 Å². The van der Waals surface area contributed by atoms with Gasteiger partial charge in [-0.3, -0.25) is 4.79 Å². The van der Waals surface area contributed by atoms with Crippen LogP contribution in [0.2, 0.25) is 0 Å². The molecule has 0 unspecified atom stereocenters. The van der Waals surface area contributed by atoms with E-state index < -0.39 is 0 Å². The second-order valence-corrected chi connectivity index (χ2v) is 6.58. The van der Waals surface area contributed by atoms with Crippen LogP contribution in [0.3, 0.4) is 0 Å². The number of nitrogens with zero attached hydrogens (tertiary/aromatic N) is 1. The van der Waals surface area contributed by atoms with Gasteiger partial charge in [-0.25, -0.2) is 13.8 Å². The molecule has 0 bridgehead atoms. The highest BCUT2D eigenvalue weighted by atomic mass is 32.1. The topological polar surface area (TPSA) is 42.0 Å². The Morgan fingerprint density at radius 3 is 2.69 bits per heavy atom. The fraction of sp³-hybridized carbons (Fsp3) is 0.100. The summed E-state index contributed by atoms with van der Waals surface area (Å²) in [6.45, 7) is 2.00. The van der Waals surface area contributed by atoms with Crippen LogP contribution in [0, 0.1) is 18.6 Å². The lowest BCUT2D eigenvalue weighted by atomic mass is 10.1. The maximum absolute atomic E-state index is 13.2. The van der Waals surface area contributed by atoms with Crippen molar-refractivity contribution in [2.24, 2.45) is 0 Å². The molecule has 0 saturated carbocycles. The zero-order chi connectivity index (χ0) is 18.5. The van der Waals surface area contributed by atoms with Gasteiger partial charge in [0.15, 0.2) is 0 Å². The molecule has 0 aliphatic carbocycles. The van der Waals surface area contributed by atoms with Crippen LogP contribution in [0.25, 0.3) is 16.6 Å². The number of nitrogens with one attached hydrogen (secondary N) is 1. The molecule has 0 atom stereocenters. The third kappa shape index (κ3) is 4.61. The molecule has 1 N–H and O–H groups in total. The van der Waals surface area contributed by atoms with Crippen LogP contribution in [0.15, 0.2) is 53.9 Å². The maximum atomic E-state index is 13.2. The van der Waals surface area contributed by atoms with Crippen molar-refractivity contribution in [3.05, 3.63) is 82.4 Å². The van der Waals surface area contributed by atoms with Gasteiger partial charge in [0.25, 0.3) is 0 Å². The van der Waals surface area contributed by atoms with Gasteiger partial charge < -0.3 is 5.32 Å². The van der Waals surface area contributed by atoms with Crippen molar-refractivity contribution < 1.29 is 13.6 Å². The van der Waals surface area contributed by atoms with Crippen molar-refractivity contribution >= 4 is 23.3 Å². The van der Waals surface area contributed by atoms with Crippen molar-refractivity contribution in [1.29, 1.82) is 0 Å². The van der Waals surface area contributed by atoms with Crippen LogP contribution in [0.4, 0.5) is 8.78 Å². The van der Waals surface area contributed by atoms with Crippen LogP contribution in [-0.2, 0) is 11.3 Å². The SMILES string of the molecule is Cc1cc(CNC(=O)/C=C/c2csc(-c3ccc(F)cc3)n2)ccc1F. The summed E-state index contributed by atoms with van der Waals surface area (Å²) in [5.74, 6) is -0.817. The minimum Gasteiger partial charge on any atom is -0.348 e. The van der Waals surface area contributed by atoms with E-state index in [0.29, 0.717) is 17.8 Å². The summed E-state index contributed by atoms with van der Waals surface area (Å²) >= 11 is 1.42. The molecule has 3 aromatic rings. The third-order valence-corrected chi connectivity index (χ3v) is 4.62. The monoisotopic (exact) mass is 370 g/mol. The average Bonchev–Trinajstić information content (AvgIpc) is 3.10. The minimum absolute atomic E-state index is 0.261. The summed E-state index contributed by atoms with van der Waals surface area (Å²) < 4.78 is 26.2. The maximum Gasteiger partial charge on any atom is 0.244 e. The number of rotatable bonds is 5. The number of thiazole rings is 1. The molecule has 0 radical (unpaired) electrons. The normalized spacial score (nSPS) is 11.0. The molecule has 1 heterocycles. The molecule has 0 aliphatic rings. The molecule has 26 heavy (non-hydrogen) atoms. The van der Waals surface area contributed by atoms with Gasteiger partial charge in [-0.15, -0.1) is 11.3 Å². The van der Waals surface area contributed by atoms with Crippen LogP contribution < -0.4 is 5.32 Å². The average molecular weight is 370 g/mol. The zero-order valence-electron chi connectivity index (χ0n) is 14.0. The number of aromatic nitrogens is 1. The first-order valence-corrected chi connectivity index (χ1v) is 8.81. The summed E-state index contributed by atoms with van der Waals surface area (Å²) in [5, 5.41) is 5.33. The van der Waals surface area contributed by atoms with Crippen LogP contribution >= 0.6 is 11.3 Å². The van der Waals surface area contributed by atoms with E-state index >= 15 is 0 Å². The smallest absolute Gasteiger partial charge is 0.244 e. The molecule has 0 spiro atoms. The Kier molecular flexibility index (Phi) is 5.53. The second kappa shape index (κ2) is 8.01. The molecular formula is C20H16F2N2OS. The lowest BCUT2D eigenvalue weighted by Crippen LogP contribution is -2.20. The van der Waals surface area contributed by atoms with E-state index in [9.17, 15) is 13.6 Å². The second-order valence-electron chi connectivity index (χ2n) is 5.72. The first-order chi connectivity index (χ1) is 12.5. The van der Waals surface area contributed by atoms with Crippen LogP contribution in [0.1, 0.15) is 16.8 Å². The molecule has 132 valence electrons. The zero-order valence-corrected chi connectivity index (χ0v) is 14.8. The van der Waals surface area contributed by atoms with Gasteiger partial charge in [-0.2, -0.15) is 0 Å². The largest absolute Gasteiger partial charge is 0.348 e. The van der Waals surface area contributed by atoms with Crippen molar-refractivity contribution in [1.82, 2.24) is 10.3 Å². The Labute approximate surface area is 154 Å². The lowest BCUT2D eigenvalue weighted by Gasteiger charge is -2.04. The summed E-state index contributed by atoms with van der Waals surface area (Å²) in [6.07, 6.45) is 3.02. The van der Waals surface area contributed by atoms with Gasteiger partial charge in [0, 0.05) is 23.6 Å². The standard InChI is InChI=1S/C20H16F2N2OS/c1-13-10-14(2-8-18(13)22)11-23-19(25)9-7-17-12-26-20(24-17)15-3-5-16(21)6-4-15/h2-10,12H,11H2,1H3,(H,23,25)/b9-7+. The van der Waals surface area contributed by atoms with E-state index in [2.05, 4.69) is 10.3 Å². The van der Waals surface area contributed by atoms with E-state index in [1.54, 1.807) is 37.3 Å².